The van der Waals surface area contributed by atoms with Crippen molar-refractivity contribution in [2.75, 3.05) is 18.1 Å². The first kappa shape index (κ1) is 22.2. The zero-order valence-corrected chi connectivity index (χ0v) is 17.4. The molecule has 0 aromatic heterocycles. The van der Waals surface area contributed by atoms with Crippen molar-refractivity contribution >= 4 is 39.7 Å². The van der Waals surface area contributed by atoms with Gasteiger partial charge in [0, 0.05) is 18.7 Å². The van der Waals surface area contributed by atoms with E-state index >= 15 is 0 Å². The van der Waals surface area contributed by atoms with Crippen LogP contribution >= 0.6 is 12.4 Å². The van der Waals surface area contributed by atoms with E-state index in [0.717, 1.165) is 25.7 Å². The van der Waals surface area contributed by atoms with Crippen LogP contribution in [0.3, 0.4) is 0 Å². The summed E-state index contributed by atoms with van der Waals surface area (Å²) >= 11 is 0. The van der Waals surface area contributed by atoms with Crippen LogP contribution in [0.2, 0.25) is 0 Å². The Labute approximate surface area is 172 Å². The van der Waals surface area contributed by atoms with Gasteiger partial charge in [-0.1, -0.05) is 31.4 Å². The summed E-state index contributed by atoms with van der Waals surface area (Å²) in [6, 6.07) is 13.0. The number of nitrogens with two attached hydrogens (primary N) is 1. The maximum absolute atomic E-state index is 12.9. The van der Waals surface area contributed by atoms with Crippen LogP contribution in [0.25, 0.3) is 0 Å². The molecule has 1 fully saturated rings. The quantitative estimate of drug-likeness (QED) is 0.713. The normalized spacial score (nSPS) is 15.1. The van der Waals surface area contributed by atoms with Gasteiger partial charge in [0.15, 0.2) is 0 Å². The van der Waals surface area contributed by atoms with Gasteiger partial charge in [-0.2, -0.15) is 4.31 Å². The van der Waals surface area contributed by atoms with Gasteiger partial charge in [0.1, 0.15) is 0 Å². The molecule has 1 aliphatic rings. The molecule has 0 aliphatic heterocycles. The van der Waals surface area contributed by atoms with Gasteiger partial charge in [-0.3, -0.25) is 4.79 Å². The predicted molar refractivity (Wildman–Crippen MR) is 114 cm³/mol. The minimum Gasteiger partial charge on any atom is -0.397 e. The molecule has 28 heavy (non-hydrogen) atoms. The Bertz CT molecular complexity index is 911. The molecule has 3 N–H and O–H groups in total. The highest BCUT2D eigenvalue weighted by atomic mass is 35.5. The molecule has 0 unspecified atom stereocenters. The van der Waals surface area contributed by atoms with Gasteiger partial charge >= 0.3 is 0 Å². The number of amides is 1. The van der Waals surface area contributed by atoms with Crippen LogP contribution in [0.4, 0.5) is 11.4 Å². The number of rotatable bonds is 5. The third kappa shape index (κ3) is 4.84. The molecule has 0 radical (unpaired) electrons. The maximum Gasteiger partial charge on any atom is 0.255 e. The summed E-state index contributed by atoms with van der Waals surface area (Å²) < 4.78 is 27.2. The van der Waals surface area contributed by atoms with E-state index in [4.69, 9.17) is 5.73 Å². The van der Waals surface area contributed by atoms with E-state index in [1.54, 1.807) is 31.3 Å². The van der Waals surface area contributed by atoms with Gasteiger partial charge in [-0.25, -0.2) is 8.42 Å². The molecule has 1 amide bonds. The second-order valence-corrected chi connectivity index (χ2v) is 8.88. The number of carbonyl (C=O) groups is 1. The van der Waals surface area contributed by atoms with Crippen molar-refractivity contribution in [3.63, 3.8) is 0 Å². The summed E-state index contributed by atoms with van der Waals surface area (Å²) in [4.78, 5) is 12.6. The molecule has 0 spiro atoms. The van der Waals surface area contributed by atoms with Crippen LogP contribution in [0.1, 0.15) is 42.5 Å². The van der Waals surface area contributed by atoms with E-state index in [1.165, 1.54) is 35.0 Å². The summed E-state index contributed by atoms with van der Waals surface area (Å²) in [5.41, 5.74) is 7.20. The largest absolute Gasteiger partial charge is 0.397 e. The summed E-state index contributed by atoms with van der Waals surface area (Å²) in [6.07, 6.45) is 5.09. The molecule has 0 bridgehead atoms. The predicted octanol–water partition coefficient (Wildman–Crippen LogP) is 3.90. The number of benzene rings is 2. The highest BCUT2D eigenvalue weighted by Crippen LogP contribution is 2.26. The van der Waals surface area contributed by atoms with Gasteiger partial charge < -0.3 is 11.1 Å². The van der Waals surface area contributed by atoms with Crippen LogP contribution in [-0.4, -0.2) is 31.7 Å². The summed E-state index contributed by atoms with van der Waals surface area (Å²) in [7, 11) is -1.92. The van der Waals surface area contributed by atoms with Crippen molar-refractivity contribution in [2.45, 2.75) is 43.0 Å². The average molecular weight is 424 g/mol. The Balaban J connectivity index is 0.00000280. The van der Waals surface area contributed by atoms with Crippen LogP contribution < -0.4 is 11.1 Å². The van der Waals surface area contributed by atoms with Gasteiger partial charge in [0.05, 0.1) is 16.3 Å². The smallest absolute Gasteiger partial charge is 0.255 e. The standard InChI is InChI=1S/C20H25N3O3S.ClH/c1-23(16-7-3-2-4-8-16)27(25,26)17-13-11-15(12-14-17)20(24)22-19-10-6-5-9-18(19)21;/h5-6,9-14,16H,2-4,7-8,21H2,1H3,(H,22,24);1H. The highest BCUT2D eigenvalue weighted by molar-refractivity contribution is 7.89. The number of para-hydroxylation sites is 2. The third-order valence-corrected chi connectivity index (χ3v) is 7.02. The van der Waals surface area contributed by atoms with Crippen LogP contribution in [0.15, 0.2) is 53.4 Å². The number of sulfonamides is 1. The molecular weight excluding hydrogens is 398 g/mol. The fourth-order valence-electron chi connectivity index (χ4n) is 3.39. The Morgan fingerprint density at radius 1 is 1.04 bits per heavy atom. The van der Waals surface area contributed by atoms with Crippen LogP contribution in [0, 0.1) is 0 Å². The second-order valence-electron chi connectivity index (χ2n) is 6.88. The molecule has 3 rings (SSSR count). The summed E-state index contributed by atoms with van der Waals surface area (Å²) in [5.74, 6) is -0.336. The van der Waals surface area contributed by atoms with Gasteiger partial charge in [0.25, 0.3) is 5.91 Å². The lowest BCUT2D eigenvalue weighted by atomic mass is 9.96. The molecular formula is C20H26ClN3O3S. The molecule has 2 aromatic carbocycles. The number of halogens is 1. The zero-order valence-electron chi connectivity index (χ0n) is 15.8. The number of nitrogen functional groups attached to an aromatic ring is 1. The topological polar surface area (TPSA) is 92.5 Å². The van der Waals surface area contributed by atoms with E-state index in [0.29, 0.717) is 16.9 Å². The number of nitrogens with zero attached hydrogens (tertiary/aromatic N) is 1. The minimum atomic E-state index is -3.57. The molecule has 1 aliphatic carbocycles. The summed E-state index contributed by atoms with van der Waals surface area (Å²) in [5, 5.41) is 2.74. The zero-order chi connectivity index (χ0) is 19.4. The monoisotopic (exact) mass is 423 g/mol. The van der Waals surface area contributed by atoms with Crippen LogP contribution in [-0.2, 0) is 10.0 Å². The third-order valence-electron chi connectivity index (χ3n) is 5.09. The fourth-order valence-corrected chi connectivity index (χ4v) is 4.81. The molecule has 6 nitrogen and oxygen atoms in total. The second kappa shape index (κ2) is 9.41. The van der Waals surface area contributed by atoms with E-state index in [1.807, 2.05) is 0 Å². The van der Waals surface area contributed by atoms with Crippen molar-refractivity contribution in [1.29, 1.82) is 0 Å². The number of hydrogen-bond donors (Lipinski definition) is 2. The van der Waals surface area contributed by atoms with E-state index in [-0.39, 0.29) is 29.3 Å². The van der Waals surface area contributed by atoms with E-state index in [9.17, 15) is 13.2 Å². The first-order chi connectivity index (χ1) is 12.9. The number of anilines is 2. The van der Waals surface area contributed by atoms with E-state index in [2.05, 4.69) is 5.32 Å². The Morgan fingerprint density at radius 2 is 1.64 bits per heavy atom. The SMILES string of the molecule is CN(C1CCCCC1)S(=O)(=O)c1ccc(C(=O)Nc2ccccc2N)cc1.Cl. The lowest BCUT2D eigenvalue weighted by molar-refractivity contribution is 0.102. The molecule has 8 heteroatoms. The molecule has 2 aromatic rings. The van der Waals surface area contributed by atoms with Crippen molar-refractivity contribution in [3.05, 3.63) is 54.1 Å². The minimum absolute atomic E-state index is 0. The lowest BCUT2D eigenvalue weighted by Gasteiger charge is -2.30. The van der Waals surface area contributed by atoms with Gasteiger partial charge in [0.2, 0.25) is 10.0 Å². The highest BCUT2D eigenvalue weighted by Gasteiger charge is 2.29. The van der Waals surface area contributed by atoms with Crippen molar-refractivity contribution in [3.8, 4) is 0 Å². The van der Waals surface area contributed by atoms with Gasteiger partial charge in [-0.15, -0.1) is 12.4 Å². The number of nitrogens with one attached hydrogen (secondary N) is 1. The van der Waals surface area contributed by atoms with Crippen molar-refractivity contribution in [2.24, 2.45) is 0 Å². The van der Waals surface area contributed by atoms with Crippen molar-refractivity contribution in [1.82, 2.24) is 4.31 Å². The molecule has 0 atom stereocenters. The first-order valence-corrected chi connectivity index (χ1v) is 10.6. The Kier molecular flexibility index (Phi) is 7.46. The first-order valence-electron chi connectivity index (χ1n) is 9.13. The molecule has 1 saturated carbocycles. The average Bonchev–Trinajstić information content (AvgIpc) is 2.70. The fraction of sp³-hybridized carbons (Fsp3) is 0.350. The van der Waals surface area contributed by atoms with Crippen molar-refractivity contribution < 1.29 is 13.2 Å². The number of carbonyl (C=O) groups excluding carboxylic acids is 1. The number of hydrogen-bond acceptors (Lipinski definition) is 4. The Morgan fingerprint density at radius 3 is 2.25 bits per heavy atom. The van der Waals surface area contributed by atoms with Crippen LogP contribution in [0.5, 0.6) is 0 Å². The Hall–Kier alpha value is -2.09. The summed E-state index contributed by atoms with van der Waals surface area (Å²) in [6.45, 7) is 0. The van der Waals surface area contributed by atoms with E-state index < -0.39 is 10.0 Å². The molecule has 152 valence electrons. The molecule has 0 heterocycles. The lowest BCUT2D eigenvalue weighted by Crippen LogP contribution is -2.38. The van der Waals surface area contributed by atoms with Gasteiger partial charge in [-0.05, 0) is 49.2 Å². The maximum atomic E-state index is 12.9. The molecule has 0 saturated heterocycles.